The Labute approximate surface area is 195 Å². The molecule has 4 rings (SSSR count). The van der Waals surface area contributed by atoms with Crippen molar-refractivity contribution in [2.24, 2.45) is 17.6 Å². The van der Waals surface area contributed by atoms with Crippen molar-refractivity contribution in [1.82, 2.24) is 9.80 Å². The second kappa shape index (κ2) is 8.99. The van der Waals surface area contributed by atoms with Gasteiger partial charge in [0.1, 0.15) is 0 Å². The SMILES string of the molecule is Cc1ccc(C(CC(N)=O)N2CC3CN(C(=O)c4ccccc4C(F)(F)F)CC3C2)cc1Cl. The Balaban J connectivity index is 1.49. The number of hydrogen-bond acceptors (Lipinski definition) is 3. The Morgan fingerprint density at radius 2 is 1.73 bits per heavy atom. The zero-order valence-electron chi connectivity index (χ0n) is 18.1. The maximum atomic E-state index is 13.4. The lowest BCUT2D eigenvalue weighted by Crippen LogP contribution is -2.36. The first-order chi connectivity index (χ1) is 15.5. The van der Waals surface area contributed by atoms with Crippen LogP contribution in [0.15, 0.2) is 42.5 Å². The van der Waals surface area contributed by atoms with Gasteiger partial charge in [0.15, 0.2) is 0 Å². The van der Waals surface area contributed by atoms with Gasteiger partial charge in [-0.05, 0) is 48.1 Å². The first-order valence-corrected chi connectivity index (χ1v) is 11.2. The van der Waals surface area contributed by atoms with E-state index in [4.69, 9.17) is 17.3 Å². The van der Waals surface area contributed by atoms with Crippen LogP contribution in [-0.4, -0.2) is 47.8 Å². The number of carbonyl (C=O) groups excluding carboxylic acids is 2. The van der Waals surface area contributed by atoms with E-state index >= 15 is 0 Å². The van der Waals surface area contributed by atoms with Gasteiger partial charge in [0.05, 0.1) is 11.1 Å². The van der Waals surface area contributed by atoms with Gasteiger partial charge in [-0.1, -0.05) is 35.9 Å². The molecular weight excluding hydrogens is 455 g/mol. The number of nitrogens with two attached hydrogens (primary N) is 1. The number of hydrogen-bond donors (Lipinski definition) is 1. The minimum absolute atomic E-state index is 0.114. The highest BCUT2D eigenvalue weighted by molar-refractivity contribution is 6.31. The molecule has 2 aromatic rings. The fourth-order valence-corrected chi connectivity index (χ4v) is 5.19. The molecule has 2 aliphatic rings. The van der Waals surface area contributed by atoms with E-state index in [2.05, 4.69) is 4.90 Å². The zero-order valence-corrected chi connectivity index (χ0v) is 18.9. The number of rotatable bonds is 5. The molecule has 0 spiro atoms. The van der Waals surface area contributed by atoms with E-state index in [1.54, 1.807) is 0 Å². The van der Waals surface area contributed by atoms with Crippen LogP contribution in [-0.2, 0) is 11.0 Å². The lowest BCUT2D eigenvalue weighted by Gasteiger charge is -2.30. The monoisotopic (exact) mass is 479 g/mol. The number of carbonyl (C=O) groups is 2. The molecule has 2 aromatic carbocycles. The van der Waals surface area contributed by atoms with Crippen molar-refractivity contribution in [2.75, 3.05) is 26.2 Å². The molecule has 3 atom stereocenters. The molecule has 2 aliphatic heterocycles. The van der Waals surface area contributed by atoms with Gasteiger partial charge in [0.25, 0.3) is 5.91 Å². The van der Waals surface area contributed by atoms with E-state index < -0.39 is 23.6 Å². The first-order valence-electron chi connectivity index (χ1n) is 10.8. The van der Waals surface area contributed by atoms with Gasteiger partial charge in [-0.2, -0.15) is 13.2 Å². The molecule has 2 fully saturated rings. The quantitative estimate of drug-likeness (QED) is 0.695. The van der Waals surface area contributed by atoms with Crippen molar-refractivity contribution in [2.45, 2.75) is 25.6 Å². The maximum absolute atomic E-state index is 13.4. The fraction of sp³-hybridized carbons (Fsp3) is 0.417. The average Bonchev–Trinajstić information content (AvgIpc) is 3.32. The van der Waals surface area contributed by atoms with Crippen LogP contribution < -0.4 is 5.73 Å². The van der Waals surface area contributed by atoms with Gasteiger partial charge >= 0.3 is 6.18 Å². The third-order valence-corrected chi connectivity index (χ3v) is 7.09. The second-order valence-electron chi connectivity index (χ2n) is 8.92. The summed E-state index contributed by atoms with van der Waals surface area (Å²) < 4.78 is 40.1. The summed E-state index contributed by atoms with van der Waals surface area (Å²) in [4.78, 5) is 28.4. The van der Waals surface area contributed by atoms with E-state index in [9.17, 15) is 22.8 Å². The molecule has 3 unspecified atom stereocenters. The van der Waals surface area contributed by atoms with Crippen LogP contribution in [0.4, 0.5) is 13.2 Å². The molecule has 2 amide bonds. The van der Waals surface area contributed by atoms with Crippen molar-refractivity contribution in [3.05, 3.63) is 69.7 Å². The van der Waals surface area contributed by atoms with Crippen molar-refractivity contribution in [1.29, 1.82) is 0 Å². The van der Waals surface area contributed by atoms with E-state index in [1.807, 2.05) is 25.1 Å². The third-order valence-electron chi connectivity index (χ3n) is 6.68. The molecule has 176 valence electrons. The van der Waals surface area contributed by atoms with Gasteiger partial charge in [-0.25, -0.2) is 0 Å². The van der Waals surface area contributed by atoms with E-state index in [1.165, 1.54) is 23.1 Å². The predicted molar refractivity (Wildman–Crippen MR) is 119 cm³/mol. The van der Waals surface area contributed by atoms with Crippen LogP contribution in [0.2, 0.25) is 5.02 Å². The van der Waals surface area contributed by atoms with Crippen molar-refractivity contribution in [3.8, 4) is 0 Å². The van der Waals surface area contributed by atoms with Crippen molar-refractivity contribution < 1.29 is 22.8 Å². The van der Waals surface area contributed by atoms with Gasteiger partial charge in [-0.3, -0.25) is 14.5 Å². The first kappa shape index (κ1) is 23.6. The van der Waals surface area contributed by atoms with Gasteiger partial charge in [-0.15, -0.1) is 0 Å². The van der Waals surface area contributed by atoms with E-state index in [-0.39, 0.29) is 29.9 Å². The Hall–Kier alpha value is -2.58. The molecule has 2 saturated heterocycles. The summed E-state index contributed by atoms with van der Waals surface area (Å²) in [6, 6.07) is 10.4. The van der Waals surface area contributed by atoms with Gasteiger partial charge in [0.2, 0.25) is 5.91 Å². The summed E-state index contributed by atoms with van der Waals surface area (Å²) >= 11 is 6.29. The van der Waals surface area contributed by atoms with E-state index in [0.29, 0.717) is 31.2 Å². The average molecular weight is 480 g/mol. The number of halogens is 4. The summed E-state index contributed by atoms with van der Waals surface area (Å²) in [6.07, 6.45) is -4.45. The Morgan fingerprint density at radius 3 is 2.30 bits per heavy atom. The molecule has 5 nitrogen and oxygen atoms in total. The number of likely N-dealkylation sites (tertiary alicyclic amines) is 2. The largest absolute Gasteiger partial charge is 0.417 e. The highest BCUT2D eigenvalue weighted by Gasteiger charge is 2.45. The normalized spacial score (nSPS) is 21.8. The summed E-state index contributed by atoms with van der Waals surface area (Å²) in [7, 11) is 0. The summed E-state index contributed by atoms with van der Waals surface area (Å²) in [5.41, 5.74) is 6.12. The molecule has 0 aliphatic carbocycles. The van der Waals surface area contributed by atoms with Crippen LogP contribution in [0.25, 0.3) is 0 Å². The number of fused-ring (bicyclic) bond motifs is 1. The Morgan fingerprint density at radius 1 is 1.09 bits per heavy atom. The van der Waals surface area contributed by atoms with Crippen molar-refractivity contribution in [3.63, 3.8) is 0 Å². The smallest absolute Gasteiger partial charge is 0.370 e. The highest BCUT2D eigenvalue weighted by atomic mass is 35.5. The lowest BCUT2D eigenvalue weighted by atomic mass is 10.0. The zero-order chi connectivity index (χ0) is 23.9. The van der Waals surface area contributed by atoms with Crippen LogP contribution in [0.1, 0.15) is 39.5 Å². The topological polar surface area (TPSA) is 66.6 Å². The number of amides is 2. The minimum Gasteiger partial charge on any atom is -0.370 e. The number of primary amides is 1. The highest BCUT2D eigenvalue weighted by Crippen LogP contribution is 2.39. The molecule has 9 heteroatoms. The fourth-order valence-electron chi connectivity index (χ4n) is 5.00. The maximum Gasteiger partial charge on any atom is 0.417 e. The van der Waals surface area contributed by atoms with E-state index in [0.717, 1.165) is 17.2 Å². The molecule has 0 radical (unpaired) electrons. The molecule has 0 saturated carbocycles. The summed E-state index contributed by atoms with van der Waals surface area (Å²) in [6.45, 7) is 3.91. The predicted octanol–water partition coefficient (Wildman–Crippen LogP) is 4.29. The molecule has 0 bridgehead atoms. The second-order valence-corrected chi connectivity index (χ2v) is 9.33. The van der Waals surface area contributed by atoms with Gasteiger partial charge in [0, 0.05) is 43.7 Å². The van der Waals surface area contributed by atoms with Crippen molar-refractivity contribution >= 4 is 23.4 Å². The minimum atomic E-state index is -4.59. The van der Waals surface area contributed by atoms with Gasteiger partial charge < -0.3 is 10.6 Å². The molecule has 0 aromatic heterocycles. The summed E-state index contributed by atoms with van der Waals surface area (Å²) in [5, 5.41) is 0.612. The number of nitrogens with zero attached hydrogens (tertiary/aromatic N) is 2. The van der Waals surface area contributed by atoms with Crippen LogP contribution in [0.3, 0.4) is 0 Å². The lowest BCUT2D eigenvalue weighted by molar-refractivity contribution is -0.138. The van der Waals surface area contributed by atoms with Crippen LogP contribution >= 0.6 is 11.6 Å². The Kier molecular flexibility index (Phi) is 6.42. The summed E-state index contributed by atoms with van der Waals surface area (Å²) in [5.74, 6) is -0.788. The third kappa shape index (κ3) is 4.87. The number of alkyl halides is 3. The van der Waals surface area contributed by atoms with Crippen LogP contribution in [0, 0.1) is 18.8 Å². The molecule has 2 heterocycles. The van der Waals surface area contributed by atoms with Crippen LogP contribution in [0.5, 0.6) is 0 Å². The Bertz CT molecular complexity index is 1060. The molecular formula is C24H25ClF3N3O2. The standard InChI is InChI=1S/C24H25ClF3N3O2/c1-14-6-7-15(8-20(14)25)21(9-22(29)32)30-10-16-12-31(13-17(16)11-30)23(33)18-4-2-3-5-19(18)24(26,27)28/h2-8,16-17,21H,9-13H2,1H3,(H2,29,32). The molecule has 2 N–H and O–H groups in total. The number of benzene rings is 2. The number of aryl methyl sites for hydroxylation is 1. The molecule has 33 heavy (non-hydrogen) atoms.